The molecule has 35 heavy (non-hydrogen) atoms. The second kappa shape index (κ2) is 9.59. The van der Waals surface area contributed by atoms with Gasteiger partial charge in [-0.25, -0.2) is 9.59 Å². The molecule has 10 heteroatoms. The molecule has 2 aromatic carbocycles. The number of nitrogens with one attached hydrogen (secondary N) is 2. The van der Waals surface area contributed by atoms with Gasteiger partial charge in [0.25, 0.3) is 0 Å². The normalized spacial score (nSPS) is 13.5. The molecule has 0 bridgehead atoms. The quantitative estimate of drug-likeness (QED) is 0.390. The molecule has 4 rings (SSSR count). The molecule has 1 atom stereocenters. The van der Waals surface area contributed by atoms with E-state index in [9.17, 15) is 14.4 Å². The average Bonchev–Trinajstić information content (AvgIpc) is 3.44. The van der Waals surface area contributed by atoms with Gasteiger partial charge >= 0.3 is 12.1 Å². The number of amides is 2. The Bertz CT molecular complexity index is 1220. The topological polar surface area (TPSA) is 143 Å². The Morgan fingerprint density at radius 1 is 1.09 bits per heavy atom. The van der Waals surface area contributed by atoms with Gasteiger partial charge in [0.15, 0.2) is 0 Å². The van der Waals surface area contributed by atoms with E-state index >= 15 is 0 Å². The van der Waals surface area contributed by atoms with Crippen molar-refractivity contribution in [2.75, 3.05) is 18.5 Å². The minimum absolute atomic E-state index is 0.0767. The van der Waals surface area contributed by atoms with Crippen LogP contribution in [-0.4, -0.2) is 57.2 Å². The number of aliphatic hydroxyl groups is 1. The first-order valence-electron chi connectivity index (χ1n) is 11.0. The molecule has 0 radical (unpaired) electrons. The minimum Gasteiger partial charge on any atom is -0.480 e. The van der Waals surface area contributed by atoms with E-state index in [1.54, 1.807) is 0 Å². The number of carboxylic acids is 1. The van der Waals surface area contributed by atoms with E-state index in [4.69, 9.17) is 14.9 Å². The fourth-order valence-corrected chi connectivity index (χ4v) is 4.07. The van der Waals surface area contributed by atoms with Crippen LogP contribution in [0.2, 0.25) is 0 Å². The summed E-state index contributed by atoms with van der Waals surface area (Å²) in [4.78, 5) is 36.2. The highest BCUT2D eigenvalue weighted by molar-refractivity contribution is 5.88. The number of benzene rings is 2. The van der Waals surface area contributed by atoms with E-state index in [1.165, 1.54) is 30.9 Å². The first-order valence-corrected chi connectivity index (χ1v) is 11.0. The van der Waals surface area contributed by atoms with Gasteiger partial charge in [-0.3, -0.25) is 14.8 Å². The summed E-state index contributed by atoms with van der Waals surface area (Å²) in [5.74, 6) is -2.09. The van der Waals surface area contributed by atoms with Crippen molar-refractivity contribution in [3.05, 3.63) is 72.1 Å². The van der Waals surface area contributed by atoms with Crippen LogP contribution in [0.25, 0.3) is 11.1 Å². The SMILES string of the molecule is CC(C)(C(=O)N[C@H](CO)C(=O)O)n1cc(NC(=O)OCC2c3ccccc3-c3ccccc32)cn1. The van der Waals surface area contributed by atoms with Gasteiger partial charge in [0.05, 0.1) is 18.5 Å². The van der Waals surface area contributed by atoms with Crippen LogP contribution in [0.1, 0.15) is 30.9 Å². The molecule has 0 saturated heterocycles. The molecule has 182 valence electrons. The maximum atomic E-state index is 12.6. The fraction of sp³-hybridized carbons (Fsp3) is 0.280. The van der Waals surface area contributed by atoms with Crippen LogP contribution in [0.3, 0.4) is 0 Å². The van der Waals surface area contributed by atoms with Crippen molar-refractivity contribution < 1.29 is 29.3 Å². The molecule has 0 aliphatic heterocycles. The monoisotopic (exact) mass is 478 g/mol. The number of hydrogen-bond donors (Lipinski definition) is 4. The van der Waals surface area contributed by atoms with Crippen LogP contribution in [-0.2, 0) is 19.9 Å². The number of fused-ring (bicyclic) bond motifs is 3. The van der Waals surface area contributed by atoms with E-state index in [1.807, 2.05) is 36.4 Å². The van der Waals surface area contributed by atoms with Crippen molar-refractivity contribution in [1.82, 2.24) is 15.1 Å². The summed E-state index contributed by atoms with van der Waals surface area (Å²) < 4.78 is 6.81. The number of aliphatic hydroxyl groups excluding tert-OH is 1. The number of nitrogens with zero attached hydrogens (tertiary/aromatic N) is 2. The van der Waals surface area contributed by atoms with Crippen LogP contribution >= 0.6 is 0 Å². The number of rotatable bonds is 8. The number of carbonyl (C=O) groups excluding carboxylic acids is 2. The molecule has 0 spiro atoms. The van der Waals surface area contributed by atoms with Gasteiger partial charge in [-0.1, -0.05) is 48.5 Å². The van der Waals surface area contributed by atoms with Crippen molar-refractivity contribution in [2.24, 2.45) is 0 Å². The number of anilines is 1. The molecule has 0 saturated carbocycles. The molecule has 0 fully saturated rings. The summed E-state index contributed by atoms with van der Waals surface area (Å²) in [6, 6.07) is 14.6. The Hall–Kier alpha value is -4.18. The number of ether oxygens (including phenoxy) is 1. The van der Waals surface area contributed by atoms with Gasteiger partial charge < -0.3 is 20.3 Å². The molecule has 2 amide bonds. The van der Waals surface area contributed by atoms with Crippen LogP contribution < -0.4 is 10.6 Å². The van der Waals surface area contributed by atoms with Gasteiger partial charge in [-0.05, 0) is 36.1 Å². The molecule has 3 aromatic rings. The third kappa shape index (κ3) is 4.73. The van der Waals surface area contributed by atoms with Crippen LogP contribution in [0.15, 0.2) is 60.9 Å². The number of aliphatic carboxylic acids is 1. The third-order valence-electron chi connectivity index (χ3n) is 6.09. The smallest absolute Gasteiger partial charge is 0.411 e. The van der Waals surface area contributed by atoms with Crippen molar-refractivity contribution in [1.29, 1.82) is 0 Å². The molecule has 10 nitrogen and oxygen atoms in total. The zero-order chi connectivity index (χ0) is 25.2. The first-order chi connectivity index (χ1) is 16.7. The summed E-state index contributed by atoms with van der Waals surface area (Å²) >= 11 is 0. The summed E-state index contributed by atoms with van der Waals surface area (Å²) in [5.41, 5.74) is 3.48. The average molecular weight is 479 g/mol. The molecule has 1 aromatic heterocycles. The standard InChI is InChI=1S/C25H26N4O6/c1-25(2,23(33)28-21(13-30)22(31)32)29-12-15(11-26-29)27-24(34)35-14-20-18-9-5-3-7-16(18)17-8-4-6-10-19(17)20/h3-12,20-21,30H,13-14H2,1-2H3,(H,27,34)(H,28,33)(H,31,32)/t21-/m1/s1. The second-order valence-electron chi connectivity index (χ2n) is 8.73. The van der Waals surface area contributed by atoms with Crippen molar-refractivity contribution in [3.63, 3.8) is 0 Å². The largest absolute Gasteiger partial charge is 0.480 e. The molecule has 0 unspecified atom stereocenters. The molecule has 4 N–H and O–H groups in total. The van der Waals surface area contributed by atoms with Crippen molar-refractivity contribution in [3.8, 4) is 11.1 Å². The maximum Gasteiger partial charge on any atom is 0.411 e. The fourth-order valence-electron chi connectivity index (χ4n) is 4.07. The van der Waals surface area contributed by atoms with E-state index in [0.717, 1.165) is 22.3 Å². The summed E-state index contributed by atoms with van der Waals surface area (Å²) in [7, 11) is 0. The Labute approximate surface area is 201 Å². The predicted molar refractivity (Wildman–Crippen MR) is 127 cm³/mol. The Balaban J connectivity index is 1.39. The minimum atomic E-state index is -1.43. The summed E-state index contributed by atoms with van der Waals surface area (Å²) in [5, 5.41) is 27.2. The van der Waals surface area contributed by atoms with Crippen LogP contribution in [0.4, 0.5) is 10.5 Å². The maximum absolute atomic E-state index is 12.6. The summed E-state index contributed by atoms with van der Waals surface area (Å²) in [6.07, 6.45) is 2.13. The van der Waals surface area contributed by atoms with Gasteiger partial charge in [-0.2, -0.15) is 5.10 Å². The van der Waals surface area contributed by atoms with E-state index < -0.39 is 36.2 Å². The van der Waals surface area contributed by atoms with Crippen molar-refractivity contribution in [2.45, 2.75) is 31.3 Å². The third-order valence-corrected chi connectivity index (χ3v) is 6.09. The van der Waals surface area contributed by atoms with Crippen LogP contribution in [0, 0.1) is 0 Å². The highest BCUT2D eigenvalue weighted by Gasteiger charge is 2.34. The lowest BCUT2D eigenvalue weighted by atomic mass is 9.98. The number of aromatic nitrogens is 2. The Morgan fingerprint density at radius 3 is 2.26 bits per heavy atom. The number of carbonyl (C=O) groups is 3. The molecular weight excluding hydrogens is 452 g/mol. The lowest BCUT2D eigenvalue weighted by Crippen LogP contribution is -2.52. The summed E-state index contributed by atoms with van der Waals surface area (Å²) in [6.45, 7) is 2.47. The first kappa shape index (κ1) is 24.0. The van der Waals surface area contributed by atoms with E-state index in [-0.39, 0.29) is 12.5 Å². The van der Waals surface area contributed by atoms with Crippen LogP contribution in [0.5, 0.6) is 0 Å². The number of carboxylic acid groups (broad SMARTS) is 1. The van der Waals surface area contributed by atoms with E-state index in [0.29, 0.717) is 5.69 Å². The highest BCUT2D eigenvalue weighted by atomic mass is 16.5. The lowest BCUT2D eigenvalue weighted by molar-refractivity contribution is -0.144. The van der Waals surface area contributed by atoms with Crippen molar-refractivity contribution >= 4 is 23.7 Å². The van der Waals surface area contributed by atoms with E-state index in [2.05, 4.69) is 27.9 Å². The second-order valence-corrected chi connectivity index (χ2v) is 8.73. The highest BCUT2D eigenvalue weighted by Crippen LogP contribution is 2.44. The van der Waals surface area contributed by atoms with Gasteiger partial charge in [0, 0.05) is 12.1 Å². The molecule has 1 heterocycles. The lowest BCUT2D eigenvalue weighted by Gasteiger charge is -2.25. The predicted octanol–water partition coefficient (Wildman–Crippen LogP) is 2.54. The molecule has 1 aliphatic carbocycles. The molecular formula is C25H26N4O6. The Morgan fingerprint density at radius 2 is 1.69 bits per heavy atom. The van der Waals surface area contributed by atoms with Gasteiger partial charge in [-0.15, -0.1) is 0 Å². The number of hydrogen-bond acceptors (Lipinski definition) is 6. The van der Waals surface area contributed by atoms with Gasteiger partial charge in [0.2, 0.25) is 5.91 Å². The zero-order valence-electron chi connectivity index (χ0n) is 19.3. The zero-order valence-corrected chi connectivity index (χ0v) is 19.3. The van der Waals surface area contributed by atoms with Gasteiger partial charge in [0.1, 0.15) is 18.2 Å². The Kier molecular flexibility index (Phi) is 6.57. The molecule has 1 aliphatic rings.